The largest absolute Gasteiger partial charge is 0.329 e. The van der Waals surface area contributed by atoms with Crippen LogP contribution in [0.4, 0.5) is 0 Å². The van der Waals surface area contributed by atoms with Gasteiger partial charge in [-0.1, -0.05) is 0 Å². The maximum Gasteiger partial charge on any atom is 0.152 e. The van der Waals surface area contributed by atoms with Crippen molar-refractivity contribution in [3.05, 3.63) is 0 Å². The van der Waals surface area contributed by atoms with Crippen LogP contribution in [-0.2, 0) is 9.84 Å². The van der Waals surface area contributed by atoms with Gasteiger partial charge in [0.15, 0.2) is 9.84 Å². The minimum absolute atomic E-state index is 0.164. The zero-order chi connectivity index (χ0) is 11.6. The molecule has 0 spiro atoms. The molecule has 6 nitrogen and oxygen atoms in total. The van der Waals surface area contributed by atoms with E-state index in [0.717, 1.165) is 0 Å². The van der Waals surface area contributed by atoms with Gasteiger partial charge in [-0.2, -0.15) is 0 Å². The molecule has 0 rings (SSSR count). The second-order valence-corrected chi connectivity index (χ2v) is 5.53. The molecule has 0 radical (unpaired) electrons. The van der Waals surface area contributed by atoms with Crippen molar-refractivity contribution in [2.75, 3.05) is 50.8 Å². The molecule has 0 fully saturated rings. The summed E-state index contributed by atoms with van der Waals surface area (Å²) in [4.78, 5) is 0. The Balaban J connectivity index is 3.50. The third kappa shape index (κ3) is 10.1. The van der Waals surface area contributed by atoms with Crippen LogP contribution in [0.15, 0.2) is 0 Å². The van der Waals surface area contributed by atoms with E-state index in [9.17, 15) is 8.42 Å². The monoisotopic (exact) mass is 238 g/mol. The lowest BCUT2D eigenvalue weighted by Crippen LogP contribution is -2.32. The highest BCUT2D eigenvalue weighted by Gasteiger charge is 2.08. The molecule has 0 aliphatic heterocycles. The maximum absolute atomic E-state index is 11.4. The molecule has 0 amide bonds. The normalized spacial score (nSPS) is 11.9. The van der Waals surface area contributed by atoms with Crippen LogP contribution >= 0.6 is 0 Å². The summed E-state index contributed by atoms with van der Waals surface area (Å²) >= 11 is 0. The summed E-state index contributed by atoms with van der Waals surface area (Å²) in [5, 5.41) is 5.90. The highest BCUT2D eigenvalue weighted by Crippen LogP contribution is 1.87. The van der Waals surface area contributed by atoms with E-state index in [4.69, 9.17) is 11.5 Å². The van der Waals surface area contributed by atoms with Crippen molar-refractivity contribution < 1.29 is 8.42 Å². The number of nitrogens with two attached hydrogens (primary N) is 2. The predicted molar refractivity (Wildman–Crippen MR) is 62.5 cm³/mol. The van der Waals surface area contributed by atoms with Crippen LogP contribution < -0.4 is 22.1 Å². The molecule has 15 heavy (non-hydrogen) atoms. The molecule has 0 unspecified atom stereocenters. The first-order chi connectivity index (χ1) is 7.12. The van der Waals surface area contributed by atoms with Crippen molar-refractivity contribution in [1.82, 2.24) is 10.6 Å². The fourth-order valence-corrected chi connectivity index (χ4v) is 2.13. The Labute approximate surface area is 91.7 Å². The molecule has 0 aromatic heterocycles. The first-order valence-corrected chi connectivity index (χ1v) is 6.96. The van der Waals surface area contributed by atoms with Gasteiger partial charge in [-0.25, -0.2) is 8.42 Å². The van der Waals surface area contributed by atoms with Crippen molar-refractivity contribution >= 4 is 9.84 Å². The fourth-order valence-electron chi connectivity index (χ4n) is 1.01. The Kier molecular flexibility index (Phi) is 8.92. The molecule has 0 atom stereocenters. The van der Waals surface area contributed by atoms with Crippen LogP contribution in [0, 0.1) is 0 Å². The van der Waals surface area contributed by atoms with E-state index in [1.165, 1.54) is 0 Å². The minimum Gasteiger partial charge on any atom is -0.329 e. The second-order valence-electron chi connectivity index (χ2n) is 3.23. The molecule has 0 aromatic rings. The van der Waals surface area contributed by atoms with Crippen LogP contribution in [-0.4, -0.2) is 59.2 Å². The fraction of sp³-hybridized carbons (Fsp3) is 1.00. The van der Waals surface area contributed by atoms with Crippen molar-refractivity contribution in [2.24, 2.45) is 11.5 Å². The molecule has 6 N–H and O–H groups in total. The Bertz CT molecular complexity index is 213. The van der Waals surface area contributed by atoms with Crippen LogP contribution in [0.3, 0.4) is 0 Å². The van der Waals surface area contributed by atoms with Gasteiger partial charge in [-0.05, 0) is 0 Å². The van der Waals surface area contributed by atoms with Crippen molar-refractivity contribution in [1.29, 1.82) is 0 Å². The van der Waals surface area contributed by atoms with Gasteiger partial charge in [0.2, 0.25) is 0 Å². The molecule has 7 heteroatoms. The molecule has 0 aliphatic carbocycles. The average Bonchev–Trinajstić information content (AvgIpc) is 2.20. The molecular formula is C8H22N4O2S. The van der Waals surface area contributed by atoms with Gasteiger partial charge in [-0.3, -0.25) is 0 Å². The summed E-state index contributed by atoms with van der Waals surface area (Å²) in [6, 6.07) is 0. The second kappa shape index (κ2) is 9.05. The highest BCUT2D eigenvalue weighted by atomic mass is 32.2. The number of rotatable bonds is 10. The summed E-state index contributed by atoms with van der Waals surface area (Å²) in [6.45, 7) is 3.30. The minimum atomic E-state index is -2.95. The van der Waals surface area contributed by atoms with E-state index < -0.39 is 9.84 Å². The summed E-state index contributed by atoms with van der Waals surface area (Å²) < 4.78 is 22.8. The summed E-state index contributed by atoms with van der Waals surface area (Å²) in [7, 11) is -2.95. The molecule has 0 bridgehead atoms. The van der Waals surface area contributed by atoms with Gasteiger partial charge >= 0.3 is 0 Å². The zero-order valence-electron chi connectivity index (χ0n) is 9.04. The van der Waals surface area contributed by atoms with Crippen LogP contribution in [0.25, 0.3) is 0 Å². The Morgan fingerprint density at radius 1 is 0.800 bits per heavy atom. The topological polar surface area (TPSA) is 110 Å². The summed E-state index contributed by atoms with van der Waals surface area (Å²) in [5.74, 6) is 0.328. The molecule has 0 saturated heterocycles. The number of nitrogens with one attached hydrogen (secondary N) is 2. The summed E-state index contributed by atoms with van der Waals surface area (Å²) in [6.07, 6.45) is 0. The zero-order valence-corrected chi connectivity index (χ0v) is 9.85. The maximum atomic E-state index is 11.4. The van der Waals surface area contributed by atoms with Crippen LogP contribution in [0.2, 0.25) is 0 Å². The van der Waals surface area contributed by atoms with E-state index in [1.54, 1.807) is 0 Å². The van der Waals surface area contributed by atoms with Gasteiger partial charge in [0.05, 0.1) is 11.5 Å². The van der Waals surface area contributed by atoms with Gasteiger partial charge in [-0.15, -0.1) is 0 Å². The van der Waals surface area contributed by atoms with E-state index in [0.29, 0.717) is 39.3 Å². The van der Waals surface area contributed by atoms with E-state index in [1.807, 2.05) is 0 Å². The lowest BCUT2D eigenvalue weighted by atomic mass is 10.6. The number of hydrogen-bond donors (Lipinski definition) is 4. The van der Waals surface area contributed by atoms with E-state index in [2.05, 4.69) is 10.6 Å². The molecule has 0 aromatic carbocycles. The first kappa shape index (κ1) is 14.8. The third-order valence-corrected chi connectivity index (χ3v) is 3.47. The highest BCUT2D eigenvalue weighted by molar-refractivity contribution is 7.91. The van der Waals surface area contributed by atoms with Crippen molar-refractivity contribution in [3.8, 4) is 0 Å². The Morgan fingerprint density at radius 3 is 1.53 bits per heavy atom. The standard InChI is InChI=1S/C8H22N4O2S/c9-1-3-11-5-7-15(13,14)8-6-12-4-2-10/h11-12H,1-10H2. The molecule has 0 heterocycles. The predicted octanol–water partition coefficient (Wildman–Crippen LogP) is -2.50. The number of hydrogen-bond acceptors (Lipinski definition) is 6. The first-order valence-electron chi connectivity index (χ1n) is 5.14. The SMILES string of the molecule is NCCNCCS(=O)(=O)CCNCCN. The third-order valence-electron chi connectivity index (χ3n) is 1.82. The molecule has 0 aliphatic rings. The van der Waals surface area contributed by atoms with Gasteiger partial charge < -0.3 is 22.1 Å². The molecule has 0 saturated carbocycles. The van der Waals surface area contributed by atoms with Gasteiger partial charge in [0.1, 0.15) is 0 Å². The Hall–Kier alpha value is -0.210. The number of sulfone groups is 1. The quantitative estimate of drug-likeness (QED) is 0.313. The van der Waals surface area contributed by atoms with Crippen LogP contribution in [0.1, 0.15) is 0 Å². The average molecular weight is 238 g/mol. The lowest BCUT2D eigenvalue weighted by molar-refractivity contribution is 0.586. The smallest absolute Gasteiger partial charge is 0.152 e. The molecule has 92 valence electrons. The molecular weight excluding hydrogens is 216 g/mol. The Morgan fingerprint density at radius 2 is 1.20 bits per heavy atom. The van der Waals surface area contributed by atoms with Crippen molar-refractivity contribution in [2.45, 2.75) is 0 Å². The van der Waals surface area contributed by atoms with Crippen molar-refractivity contribution in [3.63, 3.8) is 0 Å². The summed E-state index contributed by atoms with van der Waals surface area (Å²) in [5.41, 5.74) is 10.5. The lowest BCUT2D eigenvalue weighted by Gasteiger charge is -2.06. The van der Waals surface area contributed by atoms with Gasteiger partial charge in [0.25, 0.3) is 0 Å². The van der Waals surface area contributed by atoms with E-state index >= 15 is 0 Å². The van der Waals surface area contributed by atoms with Crippen LogP contribution in [0.5, 0.6) is 0 Å². The van der Waals surface area contributed by atoms with Gasteiger partial charge in [0, 0.05) is 39.3 Å². The van der Waals surface area contributed by atoms with E-state index in [-0.39, 0.29) is 11.5 Å².